The summed E-state index contributed by atoms with van der Waals surface area (Å²) in [6.07, 6.45) is 9.70. The first kappa shape index (κ1) is 23.1. The van der Waals surface area contributed by atoms with Crippen molar-refractivity contribution < 1.29 is 9.53 Å². The van der Waals surface area contributed by atoms with Crippen LogP contribution < -0.4 is 9.64 Å². The molecule has 1 aliphatic carbocycles. The van der Waals surface area contributed by atoms with Gasteiger partial charge in [0.15, 0.2) is 0 Å². The average Bonchev–Trinajstić information content (AvgIpc) is 3.06. The summed E-state index contributed by atoms with van der Waals surface area (Å²) < 4.78 is 5.92. The number of amides is 1. The van der Waals surface area contributed by atoms with Crippen LogP contribution in [0.5, 0.6) is 5.75 Å². The maximum Gasteiger partial charge on any atom is 0.257 e. The first-order valence-corrected chi connectivity index (χ1v) is 13.1. The van der Waals surface area contributed by atoms with Crippen LogP contribution in [0.25, 0.3) is 0 Å². The Morgan fingerprint density at radius 1 is 1.06 bits per heavy atom. The van der Waals surface area contributed by atoms with Crippen LogP contribution in [0.1, 0.15) is 60.6 Å². The number of unbranched alkanes of at least 4 members (excludes halogenated alkanes) is 1. The van der Waals surface area contributed by atoms with Gasteiger partial charge in [-0.25, -0.2) is 9.97 Å². The number of carbonyl (C=O) groups excluding carboxylic acids is 1. The number of aromatic nitrogens is 2. The zero-order valence-corrected chi connectivity index (χ0v) is 20.4. The molecule has 0 atom stereocenters. The van der Waals surface area contributed by atoms with Crippen LogP contribution in [0.4, 0.5) is 5.95 Å². The maximum absolute atomic E-state index is 13.4. The van der Waals surface area contributed by atoms with Gasteiger partial charge in [0.05, 0.1) is 17.9 Å². The van der Waals surface area contributed by atoms with Crippen molar-refractivity contribution in [2.45, 2.75) is 57.9 Å². The third-order valence-corrected chi connectivity index (χ3v) is 7.56. The van der Waals surface area contributed by atoms with E-state index in [-0.39, 0.29) is 5.91 Å². The SMILES string of the molecule is CCCCOc1ccccc1C(=O)N1CCc2cnc(N3CCN(C4CCC4)CC3)nc2CC1. The van der Waals surface area contributed by atoms with E-state index in [9.17, 15) is 4.79 Å². The molecule has 0 N–H and O–H groups in total. The van der Waals surface area contributed by atoms with Gasteiger partial charge in [0.1, 0.15) is 5.75 Å². The molecule has 2 aromatic rings. The van der Waals surface area contributed by atoms with E-state index in [4.69, 9.17) is 14.7 Å². The average molecular weight is 464 g/mol. The Labute approximate surface area is 203 Å². The summed E-state index contributed by atoms with van der Waals surface area (Å²) in [4.78, 5) is 30.0. The summed E-state index contributed by atoms with van der Waals surface area (Å²) in [5, 5.41) is 0. The third-order valence-electron chi connectivity index (χ3n) is 7.56. The number of hydrogen-bond acceptors (Lipinski definition) is 6. The van der Waals surface area contributed by atoms with Crippen LogP contribution >= 0.6 is 0 Å². The minimum absolute atomic E-state index is 0.0419. The van der Waals surface area contributed by atoms with Crippen molar-refractivity contribution in [3.05, 3.63) is 47.3 Å². The van der Waals surface area contributed by atoms with Crippen LogP contribution in [-0.2, 0) is 12.8 Å². The Morgan fingerprint density at radius 3 is 2.62 bits per heavy atom. The van der Waals surface area contributed by atoms with Crippen LogP contribution in [0, 0.1) is 0 Å². The van der Waals surface area contributed by atoms with E-state index < -0.39 is 0 Å². The lowest BCUT2D eigenvalue weighted by Gasteiger charge is -2.43. The summed E-state index contributed by atoms with van der Waals surface area (Å²) in [5.74, 6) is 1.58. The summed E-state index contributed by atoms with van der Waals surface area (Å²) >= 11 is 0. The van der Waals surface area contributed by atoms with Gasteiger partial charge in [0.2, 0.25) is 5.95 Å². The lowest BCUT2D eigenvalue weighted by atomic mass is 9.91. The van der Waals surface area contributed by atoms with Crippen molar-refractivity contribution in [2.24, 2.45) is 0 Å². The van der Waals surface area contributed by atoms with E-state index in [1.165, 1.54) is 24.8 Å². The van der Waals surface area contributed by atoms with Crippen LogP contribution in [0.3, 0.4) is 0 Å². The molecule has 34 heavy (non-hydrogen) atoms. The van der Waals surface area contributed by atoms with Crippen LogP contribution in [-0.4, -0.2) is 77.6 Å². The van der Waals surface area contributed by atoms with Crippen molar-refractivity contribution in [2.75, 3.05) is 50.8 Å². The zero-order valence-electron chi connectivity index (χ0n) is 20.4. The second-order valence-electron chi connectivity index (χ2n) is 9.74. The van der Waals surface area contributed by atoms with Gasteiger partial charge in [-0.3, -0.25) is 9.69 Å². The number of rotatable bonds is 7. The fraction of sp³-hybridized carbons (Fsp3) is 0.593. The molecule has 0 spiro atoms. The molecule has 7 nitrogen and oxygen atoms in total. The molecule has 1 saturated heterocycles. The van der Waals surface area contributed by atoms with Gasteiger partial charge in [-0.2, -0.15) is 0 Å². The molecule has 3 heterocycles. The molecule has 5 rings (SSSR count). The number of fused-ring (bicyclic) bond motifs is 1. The fourth-order valence-electron chi connectivity index (χ4n) is 5.13. The summed E-state index contributed by atoms with van der Waals surface area (Å²) in [5.41, 5.74) is 2.91. The molecule has 1 saturated carbocycles. The molecule has 0 unspecified atom stereocenters. The second-order valence-corrected chi connectivity index (χ2v) is 9.74. The summed E-state index contributed by atoms with van der Waals surface area (Å²) in [6.45, 7) is 8.32. The van der Waals surface area contributed by atoms with Crippen molar-refractivity contribution in [1.82, 2.24) is 19.8 Å². The van der Waals surface area contributed by atoms with Crippen molar-refractivity contribution in [3.63, 3.8) is 0 Å². The fourth-order valence-corrected chi connectivity index (χ4v) is 5.13. The van der Waals surface area contributed by atoms with E-state index in [2.05, 4.69) is 16.7 Å². The second kappa shape index (κ2) is 10.7. The Balaban J connectivity index is 1.22. The molecule has 3 aliphatic rings. The van der Waals surface area contributed by atoms with E-state index in [0.29, 0.717) is 31.0 Å². The number of ether oxygens (including phenoxy) is 1. The van der Waals surface area contributed by atoms with E-state index in [1.807, 2.05) is 35.4 Å². The van der Waals surface area contributed by atoms with Gasteiger partial charge in [0.25, 0.3) is 5.91 Å². The highest BCUT2D eigenvalue weighted by atomic mass is 16.5. The molecular weight excluding hydrogens is 426 g/mol. The molecule has 0 radical (unpaired) electrons. The number of anilines is 1. The molecule has 7 heteroatoms. The highest BCUT2D eigenvalue weighted by Crippen LogP contribution is 2.27. The Kier molecular flexibility index (Phi) is 7.28. The Morgan fingerprint density at radius 2 is 1.85 bits per heavy atom. The number of benzene rings is 1. The maximum atomic E-state index is 13.4. The minimum atomic E-state index is 0.0419. The van der Waals surface area contributed by atoms with E-state index >= 15 is 0 Å². The highest BCUT2D eigenvalue weighted by molar-refractivity contribution is 5.97. The van der Waals surface area contributed by atoms with Crippen molar-refractivity contribution in [3.8, 4) is 5.75 Å². The standard InChI is InChI=1S/C27H37N5O2/c1-2-3-19-34-25-10-5-4-9-23(25)26(33)31-13-11-21-20-28-27(29-24(21)12-14-31)32-17-15-30(16-18-32)22-7-6-8-22/h4-5,9-10,20,22H,2-3,6-8,11-19H2,1H3. The predicted molar refractivity (Wildman–Crippen MR) is 134 cm³/mol. The number of nitrogens with zero attached hydrogens (tertiary/aromatic N) is 5. The van der Waals surface area contributed by atoms with Crippen molar-refractivity contribution >= 4 is 11.9 Å². The first-order chi connectivity index (χ1) is 16.7. The van der Waals surface area contributed by atoms with Gasteiger partial charge in [-0.15, -0.1) is 0 Å². The Bertz CT molecular complexity index is 985. The third kappa shape index (κ3) is 5.04. The Hall–Kier alpha value is -2.67. The normalized spacial score (nSPS) is 19.3. The van der Waals surface area contributed by atoms with Gasteiger partial charge in [0, 0.05) is 57.9 Å². The highest BCUT2D eigenvalue weighted by Gasteiger charge is 2.29. The summed E-state index contributed by atoms with van der Waals surface area (Å²) in [7, 11) is 0. The smallest absolute Gasteiger partial charge is 0.257 e. The van der Waals surface area contributed by atoms with Crippen LogP contribution in [0.15, 0.2) is 30.5 Å². The topological polar surface area (TPSA) is 61.8 Å². The number of para-hydroxylation sites is 1. The van der Waals surface area contributed by atoms with Crippen molar-refractivity contribution in [1.29, 1.82) is 0 Å². The molecular formula is C27H37N5O2. The molecule has 2 aliphatic heterocycles. The lowest BCUT2D eigenvalue weighted by Crippen LogP contribution is -2.52. The molecule has 1 amide bonds. The van der Waals surface area contributed by atoms with Gasteiger partial charge < -0.3 is 14.5 Å². The zero-order chi connectivity index (χ0) is 23.3. The predicted octanol–water partition coefficient (Wildman–Crippen LogP) is 3.57. The molecule has 182 valence electrons. The van der Waals surface area contributed by atoms with E-state index in [0.717, 1.165) is 69.5 Å². The monoisotopic (exact) mass is 463 g/mol. The summed E-state index contributed by atoms with van der Waals surface area (Å²) in [6, 6.07) is 8.43. The molecule has 2 fully saturated rings. The van der Waals surface area contributed by atoms with Crippen LogP contribution in [0.2, 0.25) is 0 Å². The van der Waals surface area contributed by atoms with Gasteiger partial charge in [-0.1, -0.05) is 31.9 Å². The largest absolute Gasteiger partial charge is 0.493 e. The van der Waals surface area contributed by atoms with E-state index in [1.54, 1.807) is 0 Å². The molecule has 1 aromatic carbocycles. The molecule has 0 bridgehead atoms. The molecule has 1 aromatic heterocycles. The number of hydrogen-bond donors (Lipinski definition) is 0. The number of piperazine rings is 1. The lowest BCUT2D eigenvalue weighted by molar-refractivity contribution is 0.0758. The van der Waals surface area contributed by atoms with Gasteiger partial charge >= 0.3 is 0 Å². The minimum Gasteiger partial charge on any atom is -0.493 e. The quantitative estimate of drug-likeness (QED) is 0.585. The van der Waals surface area contributed by atoms with Gasteiger partial charge in [-0.05, 0) is 43.4 Å². The first-order valence-electron chi connectivity index (χ1n) is 13.1. The number of carbonyl (C=O) groups is 1.